The van der Waals surface area contributed by atoms with Crippen LogP contribution in [0.25, 0.3) is 0 Å². The highest BCUT2D eigenvalue weighted by molar-refractivity contribution is 7.12. The van der Waals surface area contributed by atoms with Crippen molar-refractivity contribution in [2.45, 2.75) is 32.9 Å². The van der Waals surface area contributed by atoms with Crippen molar-refractivity contribution in [1.82, 2.24) is 5.32 Å². The van der Waals surface area contributed by atoms with Crippen molar-refractivity contribution in [2.75, 3.05) is 0 Å². The van der Waals surface area contributed by atoms with Crippen LogP contribution in [0.3, 0.4) is 0 Å². The molecular weight excluding hydrogens is 261 g/mol. The number of thiophene rings is 1. The zero-order valence-electron chi connectivity index (χ0n) is 11.3. The lowest BCUT2D eigenvalue weighted by Crippen LogP contribution is -2.21. The first-order valence-electron chi connectivity index (χ1n) is 6.28. The summed E-state index contributed by atoms with van der Waals surface area (Å²) in [5.74, 6) is -0.426. The minimum absolute atomic E-state index is 0.00504. The van der Waals surface area contributed by atoms with Gasteiger partial charge in [-0.25, -0.2) is 4.39 Å². The maximum Gasteiger partial charge on any atom is 0.126 e. The molecule has 0 saturated heterocycles. The molecule has 0 spiro atoms. The summed E-state index contributed by atoms with van der Waals surface area (Å²) in [6.45, 7) is 6.13. The summed E-state index contributed by atoms with van der Waals surface area (Å²) < 4.78 is 13.0. The van der Waals surface area contributed by atoms with E-state index in [1.165, 1.54) is 15.8 Å². The summed E-state index contributed by atoms with van der Waals surface area (Å²) in [7, 11) is 0. The Labute approximate surface area is 116 Å². The van der Waals surface area contributed by atoms with Gasteiger partial charge in [-0.05, 0) is 39.0 Å². The van der Waals surface area contributed by atoms with Crippen LogP contribution in [0.4, 0.5) is 4.39 Å². The van der Waals surface area contributed by atoms with Gasteiger partial charge in [0, 0.05) is 33.5 Å². The predicted octanol–water partition coefficient (Wildman–Crippen LogP) is 4.31. The highest BCUT2D eigenvalue weighted by atomic mass is 32.1. The predicted molar refractivity (Wildman–Crippen MR) is 77.1 cm³/mol. The molecule has 2 N–H and O–H groups in total. The third-order valence-electron chi connectivity index (χ3n) is 3.15. The molecule has 2 atom stereocenters. The molecule has 4 heteroatoms. The first-order valence-corrected chi connectivity index (χ1v) is 7.10. The highest BCUT2D eigenvalue weighted by Gasteiger charge is 2.15. The normalized spacial score (nSPS) is 14.3. The van der Waals surface area contributed by atoms with Gasteiger partial charge in [-0.15, -0.1) is 11.3 Å². The molecule has 0 aliphatic carbocycles. The Morgan fingerprint density at radius 2 is 1.89 bits per heavy atom. The van der Waals surface area contributed by atoms with E-state index in [0.717, 1.165) is 6.07 Å². The number of phenols is 1. The molecule has 0 aliphatic rings. The fraction of sp³-hybridized carbons (Fsp3) is 0.333. The van der Waals surface area contributed by atoms with Crippen LogP contribution in [0, 0.1) is 12.7 Å². The van der Waals surface area contributed by atoms with Crippen LogP contribution >= 0.6 is 11.3 Å². The van der Waals surface area contributed by atoms with Gasteiger partial charge in [0.2, 0.25) is 0 Å². The second-order valence-electron chi connectivity index (χ2n) is 4.76. The van der Waals surface area contributed by atoms with Gasteiger partial charge in [0.15, 0.2) is 0 Å². The number of hydrogen-bond donors (Lipinski definition) is 2. The van der Waals surface area contributed by atoms with Crippen molar-refractivity contribution in [2.24, 2.45) is 0 Å². The van der Waals surface area contributed by atoms with Crippen molar-refractivity contribution >= 4 is 11.3 Å². The van der Waals surface area contributed by atoms with E-state index >= 15 is 0 Å². The number of aromatic hydroxyl groups is 1. The number of rotatable bonds is 4. The molecule has 1 aromatic carbocycles. The van der Waals surface area contributed by atoms with Crippen molar-refractivity contribution in [3.05, 3.63) is 51.5 Å². The molecular formula is C15H18FNOS. The Kier molecular flexibility index (Phi) is 4.22. The molecule has 0 aliphatic heterocycles. The Morgan fingerprint density at radius 1 is 1.16 bits per heavy atom. The van der Waals surface area contributed by atoms with Crippen LogP contribution in [0.15, 0.2) is 30.3 Å². The highest BCUT2D eigenvalue weighted by Crippen LogP contribution is 2.29. The maximum atomic E-state index is 13.0. The summed E-state index contributed by atoms with van der Waals surface area (Å²) in [6.07, 6.45) is 0. The van der Waals surface area contributed by atoms with Gasteiger partial charge in [-0.2, -0.15) is 0 Å². The van der Waals surface area contributed by atoms with Gasteiger partial charge < -0.3 is 10.4 Å². The van der Waals surface area contributed by atoms with Gasteiger partial charge in [-0.3, -0.25) is 0 Å². The number of aryl methyl sites for hydroxylation is 1. The summed E-state index contributed by atoms with van der Waals surface area (Å²) in [5, 5.41) is 13.2. The summed E-state index contributed by atoms with van der Waals surface area (Å²) in [5.41, 5.74) is 0.710. The van der Waals surface area contributed by atoms with E-state index in [4.69, 9.17) is 0 Å². The van der Waals surface area contributed by atoms with Crippen molar-refractivity contribution in [3.8, 4) is 5.75 Å². The first kappa shape index (κ1) is 14.0. The number of hydrogen-bond acceptors (Lipinski definition) is 3. The average Bonchev–Trinajstić information content (AvgIpc) is 2.75. The molecule has 2 aromatic rings. The quantitative estimate of drug-likeness (QED) is 0.874. The van der Waals surface area contributed by atoms with Gasteiger partial charge in [0.1, 0.15) is 11.6 Å². The average molecular weight is 279 g/mol. The monoisotopic (exact) mass is 279 g/mol. The SMILES string of the molecule is Cc1ccc(C(C)NC(C)c2ccc(F)cc2O)s1. The van der Waals surface area contributed by atoms with Crippen molar-refractivity contribution in [3.63, 3.8) is 0 Å². The van der Waals surface area contributed by atoms with Crippen LogP contribution in [0.1, 0.15) is 41.2 Å². The van der Waals surface area contributed by atoms with E-state index in [-0.39, 0.29) is 17.8 Å². The topological polar surface area (TPSA) is 32.3 Å². The Balaban J connectivity index is 2.10. The second kappa shape index (κ2) is 5.72. The molecule has 2 unspecified atom stereocenters. The number of nitrogens with one attached hydrogen (secondary N) is 1. The number of halogens is 1. The van der Waals surface area contributed by atoms with E-state index in [2.05, 4.69) is 31.3 Å². The lowest BCUT2D eigenvalue weighted by molar-refractivity contribution is 0.435. The van der Waals surface area contributed by atoms with Gasteiger partial charge in [0.05, 0.1) is 0 Å². The largest absolute Gasteiger partial charge is 0.508 e. The first-order chi connectivity index (χ1) is 8.97. The molecule has 2 nitrogen and oxygen atoms in total. The van der Waals surface area contributed by atoms with Crippen LogP contribution in [0.2, 0.25) is 0 Å². The molecule has 102 valence electrons. The smallest absolute Gasteiger partial charge is 0.126 e. The standard InChI is InChI=1S/C15H18FNOS/c1-9-4-7-15(19-9)11(3)17-10(2)13-6-5-12(16)8-14(13)18/h4-8,10-11,17-18H,1-3H3. The fourth-order valence-electron chi connectivity index (χ4n) is 2.12. The van der Waals surface area contributed by atoms with Crippen LogP contribution in [-0.2, 0) is 0 Å². The van der Waals surface area contributed by atoms with Crippen molar-refractivity contribution in [1.29, 1.82) is 0 Å². The minimum atomic E-state index is -0.421. The Morgan fingerprint density at radius 3 is 2.47 bits per heavy atom. The van der Waals surface area contributed by atoms with E-state index in [1.54, 1.807) is 17.4 Å². The minimum Gasteiger partial charge on any atom is -0.508 e. The number of benzene rings is 1. The fourth-order valence-corrected chi connectivity index (χ4v) is 3.00. The summed E-state index contributed by atoms with van der Waals surface area (Å²) in [6, 6.07) is 8.49. The lowest BCUT2D eigenvalue weighted by atomic mass is 10.1. The molecule has 1 aromatic heterocycles. The van der Waals surface area contributed by atoms with Crippen LogP contribution in [-0.4, -0.2) is 5.11 Å². The Bertz CT molecular complexity index is 567. The van der Waals surface area contributed by atoms with E-state index in [9.17, 15) is 9.50 Å². The molecule has 0 bridgehead atoms. The molecule has 19 heavy (non-hydrogen) atoms. The zero-order chi connectivity index (χ0) is 14.0. The molecule has 2 rings (SSSR count). The molecule has 0 fully saturated rings. The molecule has 0 amide bonds. The summed E-state index contributed by atoms with van der Waals surface area (Å²) >= 11 is 1.75. The van der Waals surface area contributed by atoms with E-state index in [0.29, 0.717) is 5.56 Å². The van der Waals surface area contributed by atoms with Gasteiger partial charge in [0.25, 0.3) is 0 Å². The Hall–Kier alpha value is -1.39. The number of phenolic OH excluding ortho intramolecular Hbond substituents is 1. The third-order valence-corrected chi connectivity index (χ3v) is 4.33. The summed E-state index contributed by atoms with van der Waals surface area (Å²) in [4.78, 5) is 2.53. The van der Waals surface area contributed by atoms with Gasteiger partial charge >= 0.3 is 0 Å². The van der Waals surface area contributed by atoms with Gasteiger partial charge in [-0.1, -0.05) is 6.07 Å². The van der Waals surface area contributed by atoms with Crippen LogP contribution in [0.5, 0.6) is 5.75 Å². The molecule has 0 saturated carbocycles. The zero-order valence-corrected chi connectivity index (χ0v) is 12.1. The van der Waals surface area contributed by atoms with E-state index in [1.807, 2.05) is 6.92 Å². The molecule has 1 heterocycles. The maximum absolute atomic E-state index is 13.0. The van der Waals surface area contributed by atoms with Crippen LogP contribution < -0.4 is 5.32 Å². The third kappa shape index (κ3) is 3.33. The second-order valence-corrected chi connectivity index (χ2v) is 6.08. The van der Waals surface area contributed by atoms with Crippen molar-refractivity contribution < 1.29 is 9.50 Å². The van der Waals surface area contributed by atoms with E-state index < -0.39 is 5.82 Å². The molecule has 0 radical (unpaired) electrons. The lowest BCUT2D eigenvalue weighted by Gasteiger charge is -2.20.